The second kappa shape index (κ2) is 7.74. The molecule has 0 fully saturated rings. The molecule has 0 bridgehead atoms. The predicted molar refractivity (Wildman–Crippen MR) is 116 cm³/mol. The van der Waals surface area contributed by atoms with Gasteiger partial charge in [-0.3, -0.25) is 9.10 Å². The van der Waals surface area contributed by atoms with Gasteiger partial charge in [0, 0.05) is 16.8 Å². The smallest absolute Gasteiger partial charge is 0.265 e. The fourth-order valence-corrected chi connectivity index (χ4v) is 5.30. The summed E-state index contributed by atoms with van der Waals surface area (Å²) in [5.74, 6) is -1.17. The standard InChI is InChI=1S/C22H18ClFN2O3S/c1-2-14-7-10-20-17(11-14)16-5-3-4-6-21(16)30(28,29)26(20)13-22(27)25-15-8-9-19(24)18(23)12-15/h3-12H,2,13H2,1H3,(H,25,27). The molecule has 30 heavy (non-hydrogen) atoms. The van der Waals surface area contributed by atoms with Crippen LogP contribution >= 0.6 is 11.6 Å². The van der Waals surface area contributed by atoms with E-state index in [2.05, 4.69) is 5.32 Å². The zero-order chi connectivity index (χ0) is 21.5. The number of hydrogen-bond acceptors (Lipinski definition) is 3. The quantitative estimate of drug-likeness (QED) is 0.625. The van der Waals surface area contributed by atoms with Crippen LogP contribution in [0.25, 0.3) is 11.1 Å². The van der Waals surface area contributed by atoms with Gasteiger partial charge in [-0.15, -0.1) is 0 Å². The number of aryl methyl sites for hydroxylation is 1. The van der Waals surface area contributed by atoms with Gasteiger partial charge in [0.2, 0.25) is 5.91 Å². The van der Waals surface area contributed by atoms with Crippen molar-refractivity contribution < 1.29 is 17.6 Å². The lowest BCUT2D eigenvalue weighted by atomic mass is 9.99. The molecule has 0 aliphatic carbocycles. The molecule has 0 aromatic heterocycles. The molecule has 0 radical (unpaired) electrons. The number of hydrogen-bond donors (Lipinski definition) is 1. The molecule has 3 aromatic carbocycles. The van der Waals surface area contributed by atoms with E-state index >= 15 is 0 Å². The van der Waals surface area contributed by atoms with Gasteiger partial charge in [-0.2, -0.15) is 0 Å². The normalized spacial score (nSPS) is 14.0. The van der Waals surface area contributed by atoms with Crippen molar-refractivity contribution in [2.45, 2.75) is 18.2 Å². The maximum Gasteiger partial charge on any atom is 0.265 e. The van der Waals surface area contributed by atoms with E-state index in [1.54, 1.807) is 24.3 Å². The van der Waals surface area contributed by atoms with Crippen molar-refractivity contribution in [3.05, 3.63) is 77.1 Å². The molecule has 154 valence electrons. The van der Waals surface area contributed by atoms with E-state index in [4.69, 9.17) is 11.6 Å². The molecule has 0 spiro atoms. The molecule has 8 heteroatoms. The number of carbonyl (C=O) groups is 1. The third-order valence-corrected chi connectivity index (χ3v) is 7.08. The zero-order valence-corrected chi connectivity index (χ0v) is 17.6. The molecule has 1 N–H and O–H groups in total. The number of anilines is 2. The highest BCUT2D eigenvalue weighted by Crippen LogP contribution is 2.43. The SMILES string of the molecule is CCc1ccc2c(c1)-c1ccccc1S(=O)(=O)N2CC(=O)Nc1ccc(F)c(Cl)c1. The van der Waals surface area contributed by atoms with E-state index in [-0.39, 0.29) is 15.6 Å². The fraction of sp³-hybridized carbons (Fsp3) is 0.136. The van der Waals surface area contributed by atoms with Crippen LogP contribution in [0.15, 0.2) is 65.6 Å². The number of fused-ring (bicyclic) bond motifs is 3. The van der Waals surface area contributed by atoms with Crippen LogP contribution in [0.5, 0.6) is 0 Å². The van der Waals surface area contributed by atoms with Crippen LogP contribution in [0.2, 0.25) is 5.02 Å². The molecule has 0 saturated carbocycles. The highest BCUT2D eigenvalue weighted by Gasteiger charge is 2.35. The molecule has 1 aliphatic rings. The number of sulfonamides is 1. The molecule has 0 atom stereocenters. The first kappa shape index (κ1) is 20.4. The minimum absolute atomic E-state index is 0.134. The van der Waals surface area contributed by atoms with E-state index in [1.807, 2.05) is 19.1 Å². The molecule has 1 aliphatic heterocycles. The van der Waals surface area contributed by atoms with Crippen LogP contribution in [0, 0.1) is 5.82 Å². The lowest BCUT2D eigenvalue weighted by molar-refractivity contribution is -0.114. The first-order valence-electron chi connectivity index (χ1n) is 9.31. The molecule has 4 rings (SSSR count). The summed E-state index contributed by atoms with van der Waals surface area (Å²) in [5.41, 5.74) is 3.16. The topological polar surface area (TPSA) is 66.5 Å². The molecule has 0 saturated heterocycles. The van der Waals surface area contributed by atoms with Gasteiger partial charge in [-0.25, -0.2) is 12.8 Å². The largest absolute Gasteiger partial charge is 0.324 e. The van der Waals surface area contributed by atoms with Gasteiger partial charge in [0.15, 0.2) is 0 Å². The molecular formula is C22H18ClFN2O3S. The Labute approximate surface area is 179 Å². The second-order valence-electron chi connectivity index (χ2n) is 6.89. The van der Waals surface area contributed by atoms with Gasteiger partial charge in [0.25, 0.3) is 10.0 Å². The zero-order valence-electron chi connectivity index (χ0n) is 16.0. The van der Waals surface area contributed by atoms with E-state index in [0.29, 0.717) is 11.3 Å². The Morgan fingerprint density at radius 2 is 1.83 bits per heavy atom. The fourth-order valence-electron chi connectivity index (χ4n) is 3.47. The Hall–Kier alpha value is -2.90. The summed E-state index contributed by atoms with van der Waals surface area (Å²) in [4.78, 5) is 12.8. The first-order chi connectivity index (χ1) is 14.3. The maximum atomic E-state index is 13.3. The van der Waals surface area contributed by atoms with Crippen molar-refractivity contribution >= 4 is 38.9 Å². The summed E-state index contributed by atoms with van der Waals surface area (Å²) >= 11 is 5.75. The van der Waals surface area contributed by atoms with Gasteiger partial charge < -0.3 is 5.32 Å². The Balaban J connectivity index is 1.72. The van der Waals surface area contributed by atoms with E-state index in [0.717, 1.165) is 27.9 Å². The van der Waals surface area contributed by atoms with Crippen LogP contribution in [0.1, 0.15) is 12.5 Å². The van der Waals surface area contributed by atoms with E-state index < -0.39 is 28.3 Å². The van der Waals surface area contributed by atoms with Gasteiger partial charge in [0.05, 0.1) is 15.6 Å². The average molecular weight is 445 g/mol. The Morgan fingerprint density at radius 1 is 1.07 bits per heavy atom. The van der Waals surface area contributed by atoms with E-state index in [1.165, 1.54) is 18.2 Å². The van der Waals surface area contributed by atoms with Gasteiger partial charge in [0.1, 0.15) is 12.4 Å². The highest BCUT2D eigenvalue weighted by atomic mass is 35.5. The first-order valence-corrected chi connectivity index (χ1v) is 11.1. The van der Waals surface area contributed by atoms with Gasteiger partial charge >= 0.3 is 0 Å². The summed E-state index contributed by atoms with van der Waals surface area (Å²) in [6.45, 7) is 1.59. The average Bonchev–Trinajstić information content (AvgIpc) is 2.73. The maximum absolute atomic E-state index is 13.3. The van der Waals surface area contributed by atoms with Crippen LogP contribution in [0.3, 0.4) is 0 Å². The molecular weight excluding hydrogens is 427 g/mol. The number of nitrogens with one attached hydrogen (secondary N) is 1. The van der Waals surface area contributed by atoms with Crippen molar-refractivity contribution in [1.29, 1.82) is 0 Å². The van der Waals surface area contributed by atoms with Gasteiger partial charge in [-0.1, -0.05) is 42.8 Å². The Kier molecular flexibility index (Phi) is 5.26. The number of nitrogens with zero attached hydrogens (tertiary/aromatic N) is 1. The van der Waals surface area contributed by atoms with Crippen molar-refractivity contribution in [2.24, 2.45) is 0 Å². The lowest BCUT2D eigenvalue weighted by Gasteiger charge is -2.32. The summed E-state index contributed by atoms with van der Waals surface area (Å²) in [6.07, 6.45) is 0.800. The minimum Gasteiger partial charge on any atom is -0.324 e. The van der Waals surface area contributed by atoms with Crippen molar-refractivity contribution in [3.63, 3.8) is 0 Å². The molecule has 5 nitrogen and oxygen atoms in total. The van der Waals surface area contributed by atoms with Crippen LogP contribution < -0.4 is 9.62 Å². The molecule has 1 heterocycles. The summed E-state index contributed by atoms with van der Waals surface area (Å²) in [5, 5.41) is 2.44. The Bertz CT molecular complexity index is 1260. The third-order valence-electron chi connectivity index (χ3n) is 4.97. The molecule has 3 aromatic rings. The van der Waals surface area contributed by atoms with Crippen LogP contribution in [0.4, 0.5) is 15.8 Å². The minimum atomic E-state index is -3.93. The lowest BCUT2D eigenvalue weighted by Crippen LogP contribution is -2.40. The summed E-state index contributed by atoms with van der Waals surface area (Å²) in [7, 11) is -3.93. The highest BCUT2D eigenvalue weighted by molar-refractivity contribution is 7.93. The number of benzene rings is 3. The molecule has 1 amide bonds. The van der Waals surface area contributed by atoms with Crippen LogP contribution in [-0.2, 0) is 21.2 Å². The number of rotatable bonds is 4. The molecule has 0 unspecified atom stereocenters. The number of halogens is 2. The second-order valence-corrected chi connectivity index (χ2v) is 9.13. The number of amides is 1. The number of carbonyl (C=O) groups excluding carboxylic acids is 1. The van der Waals surface area contributed by atoms with Crippen molar-refractivity contribution in [1.82, 2.24) is 0 Å². The predicted octanol–water partition coefficient (Wildman–Crippen LogP) is 4.86. The van der Waals surface area contributed by atoms with Gasteiger partial charge in [-0.05, 0) is 48.4 Å². The summed E-state index contributed by atoms with van der Waals surface area (Å²) in [6, 6.07) is 16.1. The Morgan fingerprint density at radius 3 is 2.57 bits per heavy atom. The van der Waals surface area contributed by atoms with E-state index in [9.17, 15) is 17.6 Å². The third kappa shape index (κ3) is 3.55. The van der Waals surface area contributed by atoms with Crippen molar-refractivity contribution in [2.75, 3.05) is 16.2 Å². The van der Waals surface area contributed by atoms with Crippen LogP contribution in [-0.4, -0.2) is 20.9 Å². The summed E-state index contributed by atoms with van der Waals surface area (Å²) < 4.78 is 41.0. The monoisotopic (exact) mass is 444 g/mol. The van der Waals surface area contributed by atoms with Crippen molar-refractivity contribution in [3.8, 4) is 11.1 Å².